The van der Waals surface area contributed by atoms with Gasteiger partial charge in [-0.15, -0.1) is 0 Å². The maximum Gasteiger partial charge on any atom is 0.310 e. The Labute approximate surface area is 217 Å². The third-order valence-corrected chi connectivity index (χ3v) is 6.44. The Bertz CT molecular complexity index is 1030. The lowest BCUT2D eigenvalue weighted by molar-refractivity contribution is -0.162. The molecule has 3 aromatic rings. The van der Waals surface area contributed by atoms with Crippen molar-refractivity contribution in [1.29, 1.82) is 0 Å². The first kappa shape index (κ1) is 27.6. The average molecular weight is 488 g/mol. The number of hydrogen-bond donors (Lipinski definition) is 0. The molecule has 3 rings (SSSR count). The van der Waals surface area contributed by atoms with E-state index in [0.29, 0.717) is 13.2 Å². The topological polar surface area (TPSA) is 38.8 Å². The van der Waals surface area contributed by atoms with Gasteiger partial charge in [0.05, 0.1) is 12.5 Å². The second-order valence-electron chi connectivity index (χ2n) is 10.5. The summed E-state index contributed by atoms with van der Waals surface area (Å²) in [5.41, 5.74) is 3.05. The number of rotatable bonds is 12. The Morgan fingerprint density at radius 3 is 1.89 bits per heavy atom. The second kappa shape index (κ2) is 13.4. The standard InChI is InChI=1S/C32H41NO3/c1-25(31(34)36-32(3,4)5)30(21-22-35-24-28-17-11-7-12-18-28)33(23-27-15-9-6-10-16-27)26(2)29-19-13-8-14-20-29/h6-20,25-26,30H,21-24H2,1-5H3/t25?,26-,30-/m0/s1. The van der Waals surface area contributed by atoms with Gasteiger partial charge in [0, 0.05) is 25.2 Å². The fourth-order valence-corrected chi connectivity index (χ4v) is 4.48. The van der Waals surface area contributed by atoms with Crippen LogP contribution in [-0.2, 0) is 27.4 Å². The van der Waals surface area contributed by atoms with Gasteiger partial charge in [0.2, 0.25) is 0 Å². The van der Waals surface area contributed by atoms with Crippen LogP contribution in [0.3, 0.4) is 0 Å². The molecule has 0 N–H and O–H groups in total. The van der Waals surface area contributed by atoms with E-state index in [1.54, 1.807) is 0 Å². The Morgan fingerprint density at radius 2 is 1.33 bits per heavy atom. The van der Waals surface area contributed by atoms with Crippen molar-refractivity contribution >= 4 is 5.97 Å². The van der Waals surface area contributed by atoms with Crippen molar-refractivity contribution in [3.63, 3.8) is 0 Å². The van der Waals surface area contributed by atoms with Crippen LogP contribution in [0.2, 0.25) is 0 Å². The molecule has 192 valence electrons. The maximum absolute atomic E-state index is 13.3. The summed E-state index contributed by atoms with van der Waals surface area (Å²) >= 11 is 0. The van der Waals surface area contributed by atoms with Gasteiger partial charge in [0.1, 0.15) is 5.60 Å². The minimum Gasteiger partial charge on any atom is -0.460 e. The van der Waals surface area contributed by atoms with Crippen molar-refractivity contribution in [2.45, 2.75) is 71.9 Å². The number of carbonyl (C=O) groups excluding carboxylic acids is 1. The van der Waals surface area contributed by atoms with Gasteiger partial charge in [-0.1, -0.05) is 97.9 Å². The normalized spacial score (nSPS) is 14.3. The summed E-state index contributed by atoms with van der Waals surface area (Å²) in [6.07, 6.45) is 0.719. The van der Waals surface area contributed by atoms with E-state index in [1.165, 1.54) is 11.1 Å². The van der Waals surface area contributed by atoms with Crippen LogP contribution in [0.15, 0.2) is 91.0 Å². The van der Waals surface area contributed by atoms with Gasteiger partial charge in [-0.2, -0.15) is 0 Å². The zero-order chi connectivity index (χ0) is 26.0. The lowest BCUT2D eigenvalue weighted by atomic mass is 9.93. The molecule has 1 unspecified atom stereocenters. The van der Waals surface area contributed by atoms with Crippen molar-refractivity contribution in [2.75, 3.05) is 6.61 Å². The monoisotopic (exact) mass is 487 g/mol. The molecular weight excluding hydrogens is 446 g/mol. The fourth-order valence-electron chi connectivity index (χ4n) is 4.48. The second-order valence-corrected chi connectivity index (χ2v) is 10.5. The highest BCUT2D eigenvalue weighted by Crippen LogP contribution is 2.30. The first-order valence-electron chi connectivity index (χ1n) is 12.9. The molecule has 0 aliphatic rings. The molecule has 4 heteroatoms. The van der Waals surface area contributed by atoms with Crippen molar-refractivity contribution in [3.05, 3.63) is 108 Å². The summed E-state index contributed by atoms with van der Waals surface area (Å²) in [4.78, 5) is 15.7. The van der Waals surface area contributed by atoms with Crippen molar-refractivity contribution in [1.82, 2.24) is 4.90 Å². The molecule has 0 spiro atoms. The van der Waals surface area contributed by atoms with Crippen LogP contribution in [-0.4, -0.2) is 29.1 Å². The summed E-state index contributed by atoms with van der Waals surface area (Å²) in [5, 5.41) is 0. The van der Waals surface area contributed by atoms with Gasteiger partial charge >= 0.3 is 5.97 Å². The third-order valence-electron chi connectivity index (χ3n) is 6.44. The Kier molecular flexibility index (Phi) is 10.3. The van der Waals surface area contributed by atoms with Crippen LogP contribution in [0.1, 0.15) is 63.8 Å². The van der Waals surface area contributed by atoms with Gasteiger partial charge in [0.25, 0.3) is 0 Å². The minimum atomic E-state index is -0.533. The Morgan fingerprint density at radius 1 is 0.806 bits per heavy atom. The summed E-state index contributed by atoms with van der Waals surface area (Å²) in [6, 6.07) is 31.2. The zero-order valence-electron chi connectivity index (χ0n) is 22.4. The van der Waals surface area contributed by atoms with E-state index in [0.717, 1.165) is 18.5 Å². The molecule has 0 aliphatic carbocycles. The molecule has 36 heavy (non-hydrogen) atoms. The first-order chi connectivity index (χ1) is 17.2. The average Bonchev–Trinajstić information content (AvgIpc) is 2.87. The molecular formula is C32H41NO3. The molecule has 0 radical (unpaired) electrons. The Hall–Kier alpha value is -2.95. The highest BCUT2D eigenvalue weighted by molar-refractivity contribution is 5.73. The van der Waals surface area contributed by atoms with E-state index in [2.05, 4.69) is 72.5 Å². The van der Waals surface area contributed by atoms with Crippen molar-refractivity contribution in [3.8, 4) is 0 Å². The number of hydrogen-bond acceptors (Lipinski definition) is 4. The summed E-state index contributed by atoms with van der Waals surface area (Å²) < 4.78 is 11.9. The van der Waals surface area contributed by atoms with E-state index in [4.69, 9.17) is 9.47 Å². The quantitative estimate of drug-likeness (QED) is 0.200. The van der Waals surface area contributed by atoms with Crippen LogP contribution in [0.25, 0.3) is 0 Å². The predicted molar refractivity (Wildman–Crippen MR) is 146 cm³/mol. The molecule has 0 amide bonds. The highest BCUT2D eigenvalue weighted by atomic mass is 16.6. The van der Waals surface area contributed by atoms with E-state index in [1.807, 2.05) is 58.0 Å². The Balaban J connectivity index is 1.86. The zero-order valence-corrected chi connectivity index (χ0v) is 22.4. The molecule has 0 saturated carbocycles. The number of esters is 1. The highest BCUT2D eigenvalue weighted by Gasteiger charge is 2.35. The molecule has 0 heterocycles. The lowest BCUT2D eigenvalue weighted by Crippen LogP contribution is -2.45. The number of nitrogens with zero attached hydrogens (tertiary/aromatic N) is 1. The fraction of sp³-hybridized carbons (Fsp3) is 0.406. The molecule has 0 aromatic heterocycles. The molecule has 4 nitrogen and oxygen atoms in total. The summed E-state index contributed by atoms with van der Waals surface area (Å²) in [6.45, 7) is 11.8. The van der Waals surface area contributed by atoms with Crippen LogP contribution >= 0.6 is 0 Å². The smallest absolute Gasteiger partial charge is 0.310 e. The van der Waals surface area contributed by atoms with Gasteiger partial charge in [-0.05, 0) is 50.8 Å². The first-order valence-corrected chi connectivity index (χ1v) is 12.9. The van der Waals surface area contributed by atoms with Gasteiger partial charge in [0.15, 0.2) is 0 Å². The van der Waals surface area contributed by atoms with Gasteiger partial charge in [-0.3, -0.25) is 9.69 Å². The van der Waals surface area contributed by atoms with E-state index in [-0.39, 0.29) is 24.0 Å². The maximum atomic E-state index is 13.3. The SMILES string of the molecule is CC(C(=O)OC(C)(C)C)[C@H](CCOCc1ccccc1)N(Cc1ccccc1)[C@@H](C)c1ccccc1. The number of ether oxygens (including phenoxy) is 2. The van der Waals surface area contributed by atoms with E-state index < -0.39 is 5.60 Å². The lowest BCUT2D eigenvalue weighted by Gasteiger charge is -2.40. The number of benzene rings is 3. The summed E-state index contributed by atoms with van der Waals surface area (Å²) in [5.74, 6) is -0.492. The molecule has 3 aromatic carbocycles. The number of carbonyl (C=O) groups is 1. The van der Waals surface area contributed by atoms with E-state index >= 15 is 0 Å². The van der Waals surface area contributed by atoms with Crippen molar-refractivity contribution < 1.29 is 14.3 Å². The minimum absolute atomic E-state index is 0.0639. The van der Waals surface area contributed by atoms with E-state index in [9.17, 15) is 4.79 Å². The molecule has 3 atom stereocenters. The van der Waals surface area contributed by atoms with Gasteiger partial charge < -0.3 is 9.47 Å². The third kappa shape index (κ3) is 8.61. The van der Waals surface area contributed by atoms with Crippen LogP contribution in [0, 0.1) is 5.92 Å². The molecule has 0 fully saturated rings. The van der Waals surface area contributed by atoms with Gasteiger partial charge in [-0.25, -0.2) is 0 Å². The molecule has 0 bridgehead atoms. The van der Waals surface area contributed by atoms with Crippen LogP contribution in [0.4, 0.5) is 0 Å². The molecule has 0 aliphatic heterocycles. The van der Waals surface area contributed by atoms with Crippen LogP contribution in [0.5, 0.6) is 0 Å². The summed E-state index contributed by atoms with van der Waals surface area (Å²) in [7, 11) is 0. The predicted octanol–water partition coefficient (Wildman–Crippen LogP) is 7.20. The molecule has 0 saturated heterocycles. The van der Waals surface area contributed by atoms with Crippen LogP contribution < -0.4 is 0 Å². The largest absolute Gasteiger partial charge is 0.460 e. The van der Waals surface area contributed by atoms with Crippen molar-refractivity contribution in [2.24, 2.45) is 5.92 Å².